The van der Waals surface area contributed by atoms with Crippen molar-refractivity contribution in [3.8, 4) is 0 Å². The van der Waals surface area contributed by atoms with Crippen LogP contribution in [0.1, 0.15) is 5.76 Å². The van der Waals surface area contributed by atoms with Gasteiger partial charge in [0.2, 0.25) is 5.22 Å². The fourth-order valence-corrected chi connectivity index (χ4v) is 0.830. The molecule has 4 heteroatoms. The Morgan fingerprint density at radius 1 is 1.60 bits per heavy atom. The van der Waals surface area contributed by atoms with E-state index in [2.05, 4.69) is 0 Å². The van der Waals surface area contributed by atoms with Gasteiger partial charge in [-0.3, -0.25) is 4.39 Å². The van der Waals surface area contributed by atoms with Gasteiger partial charge in [-0.1, -0.05) is 11.6 Å². The first kappa shape index (κ1) is 7.89. The molecule has 0 N–H and O–H groups in total. The molecule has 0 aliphatic heterocycles. The third kappa shape index (κ3) is 1.64. The van der Waals surface area contributed by atoms with E-state index < -0.39 is 6.67 Å². The highest BCUT2D eigenvalue weighted by atomic mass is 35.5. The predicted octanol–water partition coefficient (Wildman–Crippen LogP) is 3.11. The minimum Gasteiger partial charge on any atom is -0.448 e. The van der Waals surface area contributed by atoms with Gasteiger partial charge >= 0.3 is 0 Å². The van der Waals surface area contributed by atoms with E-state index in [4.69, 9.17) is 27.6 Å². The first-order valence-corrected chi connectivity index (χ1v) is 3.33. The molecule has 55 valence electrons. The number of halogens is 3. The Labute approximate surface area is 67.7 Å². The molecule has 1 radical (unpaired) electrons. The highest BCUT2D eigenvalue weighted by molar-refractivity contribution is 6.40. The summed E-state index contributed by atoms with van der Waals surface area (Å²) in [6.07, 6.45) is 1.25. The van der Waals surface area contributed by atoms with E-state index in [9.17, 15) is 4.39 Å². The molecule has 0 aliphatic carbocycles. The van der Waals surface area contributed by atoms with Crippen LogP contribution in [0.5, 0.6) is 0 Å². The molecule has 0 bridgehead atoms. The topological polar surface area (TPSA) is 13.1 Å². The molecule has 0 aliphatic rings. The summed E-state index contributed by atoms with van der Waals surface area (Å²) in [5, 5.41) is 0.405. The van der Waals surface area contributed by atoms with Gasteiger partial charge in [-0.2, -0.15) is 0 Å². The smallest absolute Gasteiger partial charge is 0.212 e. The van der Waals surface area contributed by atoms with Crippen LogP contribution in [-0.2, 0) is 0 Å². The molecule has 0 saturated carbocycles. The van der Waals surface area contributed by atoms with Crippen LogP contribution in [0, 0.1) is 6.42 Å². The number of hydrogen-bond acceptors (Lipinski definition) is 1. The van der Waals surface area contributed by atoms with Crippen molar-refractivity contribution in [2.45, 2.75) is 0 Å². The van der Waals surface area contributed by atoms with Crippen molar-refractivity contribution >= 4 is 23.2 Å². The maximum atomic E-state index is 11.6. The van der Waals surface area contributed by atoms with Crippen LogP contribution in [0.25, 0.3) is 0 Å². The zero-order valence-electron chi connectivity index (χ0n) is 4.90. The minimum atomic E-state index is -0.583. The monoisotopic (exact) mass is 181 g/mol. The van der Waals surface area contributed by atoms with E-state index in [0.717, 1.165) is 0 Å². The lowest BCUT2D eigenvalue weighted by atomic mass is 10.4. The summed E-state index contributed by atoms with van der Waals surface area (Å²) in [6, 6.07) is 1.46. The van der Waals surface area contributed by atoms with Crippen LogP contribution in [-0.4, -0.2) is 6.67 Å². The SMILES string of the molecule is FC[CH]c1cc(Cl)c(Cl)o1. The molecule has 1 rings (SSSR count). The molecular weight excluding hydrogens is 178 g/mol. The standard InChI is InChI=1S/C6H4Cl2FO/c7-5-3-4(1-2-9)10-6(5)8/h1,3H,2H2. The molecule has 0 unspecified atom stereocenters. The average molecular weight is 182 g/mol. The Morgan fingerprint density at radius 2 is 2.30 bits per heavy atom. The van der Waals surface area contributed by atoms with Crippen molar-refractivity contribution in [3.05, 3.63) is 28.5 Å². The fraction of sp³-hybridized carbons (Fsp3) is 0.167. The highest BCUT2D eigenvalue weighted by Crippen LogP contribution is 2.26. The summed E-state index contributed by atoms with van der Waals surface area (Å²) in [4.78, 5) is 0. The van der Waals surface area contributed by atoms with E-state index >= 15 is 0 Å². The van der Waals surface area contributed by atoms with E-state index in [1.807, 2.05) is 0 Å². The van der Waals surface area contributed by atoms with Crippen LogP contribution >= 0.6 is 23.2 Å². The van der Waals surface area contributed by atoms with Gasteiger partial charge in [0.1, 0.15) is 12.4 Å². The van der Waals surface area contributed by atoms with E-state index in [1.54, 1.807) is 0 Å². The molecule has 1 nitrogen and oxygen atoms in total. The van der Waals surface area contributed by atoms with Crippen LogP contribution in [0.4, 0.5) is 4.39 Å². The maximum Gasteiger partial charge on any atom is 0.212 e. The summed E-state index contributed by atoms with van der Waals surface area (Å²) >= 11 is 10.9. The van der Waals surface area contributed by atoms with Crippen molar-refractivity contribution < 1.29 is 8.81 Å². The Hall–Kier alpha value is -0.210. The van der Waals surface area contributed by atoms with Gasteiger partial charge in [0.05, 0.1) is 11.4 Å². The van der Waals surface area contributed by atoms with Crippen molar-refractivity contribution in [1.82, 2.24) is 0 Å². The average Bonchev–Trinajstić information content (AvgIpc) is 2.14. The van der Waals surface area contributed by atoms with E-state index in [-0.39, 0.29) is 5.22 Å². The highest BCUT2D eigenvalue weighted by Gasteiger charge is 2.05. The number of furan rings is 1. The predicted molar refractivity (Wildman–Crippen MR) is 38.1 cm³/mol. The van der Waals surface area contributed by atoms with Gasteiger partial charge in [-0.25, -0.2) is 0 Å². The second-order valence-electron chi connectivity index (χ2n) is 1.63. The van der Waals surface area contributed by atoms with Crippen molar-refractivity contribution in [3.63, 3.8) is 0 Å². The molecule has 0 atom stereocenters. The maximum absolute atomic E-state index is 11.6. The molecular formula is C6H4Cl2FO. The Morgan fingerprint density at radius 3 is 2.70 bits per heavy atom. The lowest BCUT2D eigenvalue weighted by Gasteiger charge is -1.84. The summed E-state index contributed by atoms with van der Waals surface area (Å²) < 4.78 is 16.4. The zero-order chi connectivity index (χ0) is 7.56. The van der Waals surface area contributed by atoms with Crippen LogP contribution < -0.4 is 0 Å². The lowest BCUT2D eigenvalue weighted by Crippen LogP contribution is -1.76. The number of rotatable bonds is 2. The van der Waals surface area contributed by atoms with Gasteiger partial charge < -0.3 is 4.42 Å². The van der Waals surface area contributed by atoms with E-state index in [0.29, 0.717) is 10.8 Å². The Kier molecular flexibility index (Phi) is 2.57. The number of alkyl halides is 1. The Balaban J connectivity index is 2.77. The van der Waals surface area contributed by atoms with Gasteiger partial charge in [0.25, 0.3) is 0 Å². The second-order valence-corrected chi connectivity index (χ2v) is 2.38. The van der Waals surface area contributed by atoms with Gasteiger partial charge in [0.15, 0.2) is 0 Å². The molecule has 10 heavy (non-hydrogen) atoms. The minimum absolute atomic E-state index is 0.0985. The van der Waals surface area contributed by atoms with Gasteiger partial charge in [-0.15, -0.1) is 0 Å². The molecule has 0 amide bonds. The zero-order valence-corrected chi connectivity index (χ0v) is 6.42. The summed E-state index contributed by atoms with van der Waals surface area (Å²) in [7, 11) is 0. The summed E-state index contributed by atoms with van der Waals surface area (Å²) in [6.45, 7) is -0.583. The quantitative estimate of drug-likeness (QED) is 0.684. The van der Waals surface area contributed by atoms with Crippen LogP contribution in [0.3, 0.4) is 0 Å². The second kappa shape index (κ2) is 3.26. The molecule has 0 aromatic carbocycles. The number of hydrogen-bond donors (Lipinski definition) is 0. The molecule has 0 spiro atoms. The van der Waals surface area contributed by atoms with Crippen molar-refractivity contribution in [2.24, 2.45) is 0 Å². The molecule has 1 aromatic heterocycles. The van der Waals surface area contributed by atoms with Gasteiger partial charge in [-0.05, 0) is 11.6 Å². The Bertz CT molecular complexity index is 202. The summed E-state index contributed by atoms with van der Waals surface area (Å²) in [5.74, 6) is 0.359. The molecule has 0 fully saturated rings. The molecule has 1 heterocycles. The fourth-order valence-electron chi connectivity index (χ4n) is 0.540. The van der Waals surface area contributed by atoms with Crippen molar-refractivity contribution in [2.75, 3.05) is 6.67 Å². The normalized spacial score (nSPS) is 10.3. The van der Waals surface area contributed by atoms with Crippen LogP contribution in [0.2, 0.25) is 10.2 Å². The van der Waals surface area contributed by atoms with E-state index in [1.165, 1.54) is 12.5 Å². The third-order valence-corrected chi connectivity index (χ3v) is 1.60. The third-order valence-electron chi connectivity index (χ3n) is 0.943. The first-order chi connectivity index (χ1) is 4.74. The lowest BCUT2D eigenvalue weighted by molar-refractivity contribution is 0.495. The molecule has 0 saturated heterocycles. The first-order valence-electron chi connectivity index (χ1n) is 2.58. The van der Waals surface area contributed by atoms with Gasteiger partial charge in [0, 0.05) is 6.07 Å². The van der Waals surface area contributed by atoms with Crippen LogP contribution in [0.15, 0.2) is 10.5 Å². The summed E-state index contributed by atoms with van der Waals surface area (Å²) in [5.41, 5.74) is 0. The van der Waals surface area contributed by atoms with Crippen molar-refractivity contribution in [1.29, 1.82) is 0 Å². The molecule has 1 aromatic rings. The largest absolute Gasteiger partial charge is 0.448 e.